The van der Waals surface area contributed by atoms with E-state index >= 15 is 0 Å². The van der Waals surface area contributed by atoms with E-state index in [1.54, 1.807) is 17.5 Å². The molecule has 0 saturated carbocycles. The van der Waals surface area contributed by atoms with Crippen LogP contribution >= 0.6 is 11.3 Å². The van der Waals surface area contributed by atoms with E-state index in [1.807, 2.05) is 30.5 Å². The molecule has 2 rings (SSSR count). The number of thiophene rings is 1. The number of aromatic nitrogens is 1. The molecule has 0 aromatic carbocycles. The summed E-state index contributed by atoms with van der Waals surface area (Å²) in [5, 5.41) is 11.2. The lowest BCUT2D eigenvalue weighted by atomic mass is 10.2. The summed E-state index contributed by atoms with van der Waals surface area (Å²) in [5.74, 6) is 0.711. The number of ether oxygens (including phenoxy) is 1. The molecule has 0 amide bonds. The molecule has 2 heterocycles. The Morgan fingerprint density at radius 3 is 3.06 bits per heavy atom. The predicted molar refractivity (Wildman–Crippen MR) is 63.5 cm³/mol. The molecule has 0 saturated heterocycles. The molecule has 0 spiro atoms. The molecule has 0 unspecified atom stereocenters. The molecule has 0 atom stereocenters. The van der Waals surface area contributed by atoms with Crippen LogP contribution in [0.1, 0.15) is 16.1 Å². The van der Waals surface area contributed by atoms with Crippen molar-refractivity contribution in [3.8, 4) is 5.75 Å². The summed E-state index contributed by atoms with van der Waals surface area (Å²) >= 11 is 1.66. The van der Waals surface area contributed by atoms with Gasteiger partial charge in [0.15, 0.2) is 0 Å². The molecule has 16 heavy (non-hydrogen) atoms. The monoisotopic (exact) mass is 235 g/mol. The normalized spacial score (nSPS) is 10.4. The average Bonchev–Trinajstić information content (AvgIpc) is 2.79. The minimum atomic E-state index is -0.0486. The maximum Gasteiger partial charge on any atom is 0.128 e. The van der Waals surface area contributed by atoms with Gasteiger partial charge in [-0.1, -0.05) is 6.07 Å². The van der Waals surface area contributed by atoms with E-state index in [2.05, 4.69) is 4.98 Å². The largest absolute Gasteiger partial charge is 0.488 e. The molecule has 0 fully saturated rings. The highest BCUT2D eigenvalue weighted by Crippen LogP contribution is 2.20. The van der Waals surface area contributed by atoms with E-state index in [0.29, 0.717) is 12.4 Å². The van der Waals surface area contributed by atoms with Gasteiger partial charge in [-0.05, 0) is 18.4 Å². The van der Waals surface area contributed by atoms with Crippen LogP contribution in [-0.4, -0.2) is 10.1 Å². The topological polar surface area (TPSA) is 42.4 Å². The van der Waals surface area contributed by atoms with Crippen molar-refractivity contribution in [1.29, 1.82) is 0 Å². The van der Waals surface area contributed by atoms with Crippen molar-refractivity contribution in [3.63, 3.8) is 0 Å². The van der Waals surface area contributed by atoms with E-state index in [-0.39, 0.29) is 6.61 Å². The van der Waals surface area contributed by atoms with Crippen LogP contribution in [0.5, 0.6) is 5.75 Å². The highest BCUT2D eigenvalue weighted by molar-refractivity contribution is 7.09. The van der Waals surface area contributed by atoms with Crippen LogP contribution in [0, 0.1) is 6.92 Å². The van der Waals surface area contributed by atoms with Crippen molar-refractivity contribution < 1.29 is 9.84 Å². The molecule has 0 aliphatic carbocycles. The third-order valence-corrected chi connectivity index (χ3v) is 3.05. The van der Waals surface area contributed by atoms with Gasteiger partial charge in [-0.3, -0.25) is 4.98 Å². The first-order chi connectivity index (χ1) is 7.79. The Kier molecular flexibility index (Phi) is 3.54. The van der Waals surface area contributed by atoms with Crippen LogP contribution in [0.4, 0.5) is 0 Å². The zero-order chi connectivity index (χ0) is 11.4. The molecule has 1 N–H and O–H groups in total. The Morgan fingerprint density at radius 1 is 1.50 bits per heavy atom. The highest BCUT2D eigenvalue weighted by Gasteiger charge is 2.04. The molecule has 2 aromatic rings. The lowest BCUT2D eigenvalue weighted by Crippen LogP contribution is -1.99. The van der Waals surface area contributed by atoms with E-state index in [1.165, 1.54) is 4.88 Å². The van der Waals surface area contributed by atoms with Gasteiger partial charge in [-0.25, -0.2) is 0 Å². The molecule has 0 aliphatic rings. The summed E-state index contributed by atoms with van der Waals surface area (Å²) in [4.78, 5) is 5.28. The third-order valence-electron chi connectivity index (χ3n) is 2.20. The first-order valence-corrected chi connectivity index (χ1v) is 5.89. The summed E-state index contributed by atoms with van der Waals surface area (Å²) in [6.07, 6.45) is 1.65. The summed E-state index contributed by atoms with van der Waals surface area (Å²) in [6, 6.07) is 5.87. The number of aryl methyl sites for hydroxylation is 1. The fourth-order valence-corrected chi connectivity index (χ4v) is 1.98. The number of aliphatic hydroxyl groups excluding tert-OH is 1. The van der Waals surface area contributed by atoms with Crippen molar-refractivity contribution >= 4 is 11.3 Å². The molecule has 0 bridgehead atoms. The van der Waals surface area contributed by atoms with E-state index in [4.69, 9.17) is 9.84 Å². The SMILES string of the molecule is Cc1cc(OCc2cccs2)c(CO)cn1. The second kappa shape index (κ2) is 5.09. The molecule has 3 nitrogen and oxygen atoms in total. The molecule has 0 radical (unpaired) electrons. The highest BCUT2D eigenvalue weighted by atomic mass is 32.1. The second-order valence-electron chi connectivity index (χ2n) is 3.46. The number of hydrogen-bond acceptors (Lipinski definition) is 4. The van der Waals surface area contributed by atoms with Crippen LogP contribution in [0.25, 0.3) is 0 Å². The summed E-state index contributed by atoms with van der Waals surface area (Å²) < 4.78 is 5.66. The first-order valence-electron chi connectivity index (χ1n) is 5.01. The zero-order valence-corrected chi connectivity index (χ0v) is 9.83. The Bertz CT molecular complexity index is 454. The standard InChI is InChI=1S/C12H13NO2S/c1-9-5-12(10(7-14)6-13-9)15-8-11-3-2-4-16-11/h2-6,14H,7-8H2,1H3. The summed E-state index contributed by atoms with van der Waals surface area (Å²) in [5.41, 5.74) is 1.61. The van der Waals surface area contributed by atoms with Gasteiger partial charge >= 0.3 is 0 Å². The van der Waals surface area contributed by atoms with Crippen molar-refractivity contribution in [2.75, 3.05) is 0 Å². The second-order valence-corrected chi connectivity index (χ2v) is 4.49. The predicted octanol–water partition coefficient (Wildman–Crippen LogP) is 2.52. The van der Waals surface area contributed by atoms with Crippen LogP contribution in [-0.2, 0) is 13.2 Å². The number of pyridine rings is 1. The molecule has 2 aromatic heterocycles. The summed E-state index contributed by atoms with van der Waals surface area (Å²) in [7, 11) is 0. The lowest BCUT2D eigenvalue weighted by Gasteiger charge is -2.09. The van der Waals surface area contributed by atoms with Crippen molar-refractivity contribution in [1.82, 2.24) is 4.98 Å². The maximum absolute atomic E-state index is 9.15. The van der Waals surface area contributed by atoms with Gasteiger partial charge < -0.3 is 9.84 Å². The quantitative estimate of drug-likeness (QED) is 0.885. The molecule has 84 valence electrons. The smallest absolute Gasteiger partial charge is 0.128 e. The average molecular weight is 235 g/mol. The zero-order valence-electron chi connectivity index (χ0n) is 9.01. The first kappa shape index (κ1) is 11.1. The Hall–Kier alpha value is -1.39. The molecule has 4 heteroatoms. The Balaban J connectivity index is 2.11. The van der Waals surface area contributed by atoms with Crippen molar-refractivity contribution in [2.24, 2.45) is 0 Å². The van der Waals surface area contributed by atoms with Crippen LogP contribution in [0.3, 0.4) is 0 Å². The lowest BCUT2D eigenvalue weighted by molar-refractivity contribution is 0.259. The van der Waals surface area contributed by atoms with E-state index < -0.39 is 0 Å². The van der Waals surface area contributed by atoms with Crippen molar-refractivity contribution in [2.45, 2.75) is 20.1 Å². The van der Waals surface area contributed by atoms with Gasteiger partial charge in [-0.15, -0.1) is 11.3 Å². The Morgan fingerprint density at radius 2 is 2.38 bits per heavy atom. The summed E-state index contributed by atoms with van der Waals surface area (Å²) in [6.45, 7) is 2.39. The van der Waals surface area contributed by atoms with Gasteiger partial charge in [-0.2, -0.15) is 0 Å². The van der Waals surface area contributed by atoms with Gasteiger partial charge in [0.25, 0.3) is 0 Å². The van der Waals surface area contributed by atoms with Crippen LogP contribution < -0.4 is 4.74 Å². The van der Waals surface area contributed by atoms with Gasteiger partial charge in [0.2, 0.25) is 0 Å². The Labute approximate surface area is 98.4 Å². The fourth-order valence-electron chi connectivity index (χ4n) is 1.36. The van der Waals surface area contributed by atoms with Gasteiger partial charge in [0, 0.05) is 28.4 Å². The van der Waals surface area contributed by atoms with Crippen LogP contribution in [0.2, 0.25) is 0 Å². The fraction of sp³-hybridized carbons (Fsp3) is 0.250. The number of aliphatic hydroxyl groups is 1. The number of hydrogen-bond donors (Lipinski definition) is 1. The molecule has 0 aliphatic heterocycles. The minimum Gasteiger partial charge on any atom is -0.488 e. The minimum absolute atomic E-state index is 0.0486. The van der Waals surface area contributed by atoms with Crippen molar-refractivity contribution in [3.05, 3.63) is 45.9 Å². The molecular formula is C12H13NO2S. The van der Waals surface area contributed by atoms with Crippen LogP contribution in [0.15, 0.2) is 29.8 Å². The van der Waals surface area contributed by atoms with E-state index in [0.717, 1.165) is 11.3 Å². The van der Waals surface area contributed by atoms with E-state index in [9.17, 15) is 0 Å². The number of nitrogens with zero attached hydrogens (tertiary/aromatic N) is 1. The molecular weight excluding hydrogens is 222 g/mol. The number of rotatable bonds is 4. The van der Waals surface area contributed by atoms with Gasteiger partial charge in [0.1, 0.15) is 12.4 Å². The van der Waals surface area contributed by atoms with Gasteiger partial charge in [0.05, 0.1) is 6.61 Å². The maximum atomic E-state index is 9.15. The third kappa shape index (κ3) is 2.59.